The summed E-state index contributed by atoms with van der Waals surface area (Å²) in [4.78, 5) is 0. The van der Waals surface area contributed by atoms with Crippen molar-refractivity contribution in [1.29, 1.82) is 0 Å². The lowest BCUT2D eigenvalue weighted by Crippen LogP contribution is -2.05. The summed E-state index contributed by atoms with van der Waals surface area (Å²) in [6.07, 6.45) is 0.612. The van der Waals surface area contributed by atoms with Crippen LogP contribution >= 0.6 is 11.6 Å². The van der Waals surface area contributed by atoms with E-state index in [4.69, 9.17) is 11.6 Å². The molecule has 1 heterocycles. The van der Waals surface area contributed by atoms with Crippen LogP contribution in [0.4, 0.5) is 4.39 Å². The molecule has 3 nitrogen and oxygen atoms in total. The van der Waals surface area contributed by atoms with Crippen molar-refractivity contribution in [3.63, 3.8) is 0 Å². The van der Waals surface area contributed by atoms with Gasteiger partial charge in [-0.05, 0) is 23.8 Å². The van der Waals surface area contributed by atoms with Crippen LogP contribution in [0, 0.1) is 5.82 Å². The highest BCUT2D eigenvalue weighted by atomic mass is 35.5. The second-order valence-corrected chi connectivity index (χ2v) is 4.91. The molecule has 0 radical (unpaired) electrons. The Morgan fingerprint density at radius 2 is 1.71 bits per heavy atom. The van der Waals surface area contributed by atoms with Crippen molar-refractivity contribution < 1.29 is 4.39 Å². The van der Waals surface area contributed by atoms with E-state index in [1.54, 1.807) is 6.07 Å². The van der Waals surface area contributed by atoms with Crippen LogP contribution in [0.5, 0.6) is 0 Å². The maximum Gasteiger partial charge on any atom is 0.152 e. The molecule has 0 saturated carbocycles. The lowest BCUT2D eigenvalue weighted by atomic mass is 10.1. The van der Waals surface area contributed by atoms with Crippen molar-refractivity contribution in [1.82, 2.24) is 14.8 Å². The quantitative estimate of drug-likeness (QED) is 0.687. The molecule has 0 unspecified atom stereocenters. The molecule has 0 fully saturated rings. The van der Waals surface area contributed by atoms with E-state index < -0.39 is 0 Å². The fourth-order valence-corrected chi connectivity index (χ4v) is 2.42. The summed E-state index contributed by atoms with van der Waals surface area (Å²) in [5, 5.41) is 8.29. The van der Waals surface area contributed by atoms with Gasteiger partial charge in [0.2, 0.25) is 0 Å². The van der Waals surface area contributed by atoms with Crippen LogP contribution in [0.25, 0.3) is 5.69 Å². The minimum Gasteiger partial charge on any atom is -0.282 e. The Morgan fingerprint density at radius 1 is 0.952 bits per heavy atom. The lowest BCUT2D eigenvalue weighted by Gasteiger charge is -2.09. The fourth-order valence-electron chi connectivity index (χ4n) is 2.25. The largest absolute Gasteiger partial charge is 0.282 e. The number of alkyl halides is 1. The molecule has 5 heteroatoms. The smallest absolute Gasteiger partial charge is 0.152 e. The number of benzene rings is 2. The topological polar surface area (TPSA) is 30.7 Å². The van der Waals surface area contributed by atoms with Gasteiger partial charge in [0.15, 0.2) is 5.82 Å². The highest BCUT2D eigenvalue weighted by Gasteiger charge is 2.14. The van der Waals surface area contributed by atoms with E-state index in [-0.39, 0.29) is 11.7 Å². The minimum atomic E-state index is -0.299. The summed E-state index contributed by atoms with van der Waals surface area (Å²) >= 11 is 5.92. The first-order chi connectivity index (χ1) is 10.3. The van der Waals surface area contributed by atoms with Crippen LogP contribution in [0.15, 0.2) is 54.6 Å². The molecule has 0 spiro atoms. The number of halogens is 2. The second kappa shape index (κ2) is 6.06. The van der Waals surface area contributed by atoms with Crippen molar-refractivity contribution >= 4 is 11.6 Å². The van der Waals surface area contributed by atoms with E-state index in [1.165, 1.54) is 12.1 Å². The molecule has 0 saturated heterocycles. The van der Waals surface area contributed by atoms with Gasteiger partial charge in [-0.1, -0.05) is 36.4 Å². The van der Waals surface area contributed by atoms with Crippen LogP contribution in [-0.2, 0) is 12.3 Å². The monoisotopic (exact) mass is 301 g/mol. The van der Waals surface area contributed by atoms with Gasteiger partial charge >= 0.3 is 0 Å². The van der Waals surface area contributed by atoms with Crippen molar-refractivity contribution in [3.05, 3.63) is 77.6 Å². The zero-order valence-corrected chi connectivity index (χ0v) is 12.0. The van der Waals surface area contributed by atoms with E-state index in [1.807, 2.05) is 41.0 Å². The average molecular weight is 302 g/mol. The third-order valence-electron chi connectivity index (χ3n) is 3.19. The first-order valence-electron chi connectivity index (χ1n) is 6.57. The van der Waals surface area contributed by atoms with Gasteiger partial charge in [-0.3, -0.25) is 4.57 Å². The van der Waals surface area contributed by atoms with E-state index in [0.717, 1.165) is 11.4 Å². The lowest BCUT2D eigenvalue weighted by molar-refractivity contribution is 0.626. The van der Waals surface area contributed by atoms with Crippen LogP contribution in [0.3, 0.4) is 0 Å². The molecule has 0 atom stereocenters. The normalized spacial score (nSPS) is 10.8. The highest BCUT2D eigenvalue weighted by molar-refractivity contribution is 6.16. The molecule has 0 aliphatic heterocycles. The van der Waals surface area contributed by atoms with Crippen molar-refractivity contribution in [2.24, 2.45) is 0 Å². The number of hydrogen-bond acceptors (Lipinski definition) is 2. The number of rotatable bonds is 4. The highest BCUT2D eigenvalue weighted by Crippen LogP contribution is 2.18. The summed E-state index contributed by atoms with van der Waals surface area (Å²) in [5.41, 5.74) is 1.80. The third-order valence-corrected chi connectivity index (χ3v) is 3.43. The zero-order chi connectivity index (χ0) is 14.7. The van der Waals surface area contributed by atoms with Gasteiger partial charge in [0.25, 0.3) is 0 Å². The van der Waals surface area contributed by atoms with Gasteiger partial charge < -0.3 is 0 Å². The van der Waals surface area contributed by atoms with E-state index in [0.29, 0.717) is 17.9 Å². The molecule has 2 aromatic carbocycles. The number of nitrogens with zero attached hydrogens (tertiary/aromatic N) is 3. The van der Waals surface area contributed by atoms with Crippen molar-refractivity contribution in [2.75, 3.05) is 0 Å². The van der Waals surface area contributed by atoms with E-state index in [2.05, 4.69) is 10.2 Å². The zero-order valence-electron chi connectivity index (χ0n) is 11.2. The Labute approximate surface area is 127 Å². The molecule has 0 amide bonds. The molecule has 21 heavy (non-hydrogen) atoms. The summed E-state index contributed by atoms with van der Waals surface area (Å²) < 4.78 is 15.3. The Balaban J connectivity index is 2.04. The van der Waals surface area contributed by atoms with Gasteiger partial charge in [0, 0.05) is 6.42 Å². The molecule has 0 N–H and O–H groups in total. The molecule has 0 aliphatic carbocycles. The standard InChI is InChI=1S/C16H13ClFN3/c17-11-16-20-19-15(9-12-5-2-1-3-6-12)21(16)14-8-4-7-13(18)10-14/h1-8,10H,9,11H2. The van der Waals surface area contributed by atoms with E-state index in [9.17, 15) is 4.39 Å². The van der Waals surface area contributed by atoms with Gasteiger partial charge in [-0.25, -0.2) is 4.39 Å². The Bertz CT molecular complexity index is 740. The van der Waals surface area contributed by atoms with E-state index >= 15 is 0 Å². The number of aromatic nitrogens is 3. The molecule has 0 bridgehead atoms. The molecule has 1 aromatic heterocycles. The SMILES string of the molecule is Fc1cccc(-n2c(CCl)nnc2Cc2ccccc2)c1. The van der Waals surface area contributed by atoms with Crippen molar-refractivity contribution in [2.45, 2.75) is 12.3 Å². The Hall–Kier alpha value is -2.20. The molecular weight excluding hydrogens is 289 g/mol. The predicted octanol–water partition coefficient (Wildman–Crippen LogP) is 3.74. The first-order valence-corrected chi connectivity index (χ1v) is 7.10. The van der Waals surface area contributed by atoms with Gasteiger partial charge in [-0.15, -0.1) is 21.8 Å². The fraction of sp³-hybridized carbons (Fsp3) is 0.125. The molecule has 106 valence electrons. The molecule has 3 rings (SSSR count). The molecule has 3 aromatic rings. The molecular formula is C16H13ClFN3. The number of hydrogen-bond donors (Lipinski definition) is 0. The maximum atomic E-state index is 13.5. The van der Waals surface area contributed by atoms with Gasteiger partial charge in [-0.2, -0.15) is 0 Å². The minimum absolute atomic E-state index is 0.221. The Kier molecular flexibility index (Phi) is 3.97. The van der Waals surface area contributed by atoms with Crippen LogP contribution in [-0.4, -0.2) is 14.8 Å². The molecule has 0 aliphatic rings. The summed E-state index contributed by atoms with van der Waals surface area (Å²) in [6, 6.07) is 16.3. The third kappa shape index (κ3) is 2.95. The summed E-state index contributed by atoms with van der Waals surface area (Å²) in [6.45, 7) is 0. The van der Waals surface area contributed by atoms with Crippen LogP contribution < -0.4 is 0 Å². The van der Waals surface area contributed by atoms with Gasteiger partial charge in [0.05, 0.1) is 11.6 Å². The van der Waals surface area contributed by atoms with Crippen LogP contribution in [0.2, 0.25) is 0 Å². The Morgan fingerprint density at radius 3 is 2.43 bits per heavy atom. The maximum absolute atomic E-state index is 13.5. The van der Waals surface area contributed by atoms with Crippen LogP contribution in [0.1, 0.15) is 17.2 Å². The predicted molar refractivity (Wildman–Crippen MR) is 80.1 cm³/mol. The average Bonchev–Trinajstić information content (AvgIpc) is 2.91. The van der Waals surface area contributed by atoms with Crippen molar-refractivity contribution in [3.8, 4) is 5.69 Å². The summed E-state index contributed by atoms with van der Waals surface area (Å²) in [7, 11) is 0. The van der Waals surface area contributed by atoms with Gasteiger partial charge in [0.1, 0.15) is 11.6 Å². The summed E-state index contributed by atoms with van der Waals surface area (Å²) in [5.74, 6) is 1.27. The second-order valence-electron chi connectivity index (χ2n) is 4.64. The first kappa shape index (κ1) is 13.8.